The standard InChI is InChI=1S/C13H19NO/c1-11(12-6-4-3-5-7-12)14-8-13(2)9-15-10-13/h3-7,11,14H,8-10H2,1-2H3/t11-/m1/s1. The van der Waals surface area contributed by atoms with E-state index in [9.17, 15) is 0 Å². The molecule has 1 atom stereocenters. The van der Waals surface area contributed by atoms with E-state index in [1.54, 1.807) is 0 Å². The van der Waals surface area contributed by atoms with Crippen molar-refractivity contribution >= 4 is 0 Å². The molecule has 15 heavy (non-hydrogen) atoms. The summed E-state index contributed by atoms with van der Waals surface area (Å²) in [7, 11) is 0. The summed E-state index contributed by atoms with van der Waals surface area (Å²) in [6, 6.07) is 11.0. The average Bonchev–Trinajstić information content (AvgIpc) is 2.24. The van der Waals surface area contributed by atoms with E-state index in [4.69, 9.17) is 4.74 Å². The van der Waals surface area contributed by atoms with Crippen LogP contribution in [-0.2, 0) is 4.74 Å². The molecule has 0 bridgehead atoms. The summed E-state index contributed by atoms with van der Waals surface area (Å²) < 4.78 is 5.24. The molecule has 1 aliphatic rings. The highest BCUT2D eigenvalue weighted by Crippen LogP contribution is 2.26. The summed E-state index contributed by atoms with van der Waals surface area (Å²) in [6.45, 7) is 7.28. The van der Waals surface area contributed by atoms with Gasteiger partial charge in [-0.2, -0.15) is 0 Å². The third kappa shape index (κ3) is 2.58. The fraction of sp³-hybridized carbons (Fsp3) is 0.538. The Morgan fingerprint density at radius 2 is 2.00 bits per heavy atom. The Kier molecular flexibility index (Phi) is 3.08. The maximum Gasteiger partial charge on any atom is 0.0554 e. The van der Waals surface area contributed by atoms with Gasteiger partial charge in [-0.1, -0.05) is 37.3 Å². The van der Waals surface area contributed by atoms with Crippen molar-refractivity contribution < 1.29 is 4.74 Å². The molecule has 1 aromatic rings. The molecule has 0 saturated carbocycles. The molecule has 1 aromatic carbocycles. The van der Waals surface area contributed by atoms with E-state index in [1.165, 1.54) is 5.56 Å². The Morgan fingerprint density at radius 3 is 2.53 bits per heavy atom. The van der Waals surface area contributed by atoms with Gasteiger partial charge in [0.15, 0.2) is 0 Å². The third-order valence-corrected chi connectivity index (χ3v) is 3.04. The predicted octanol–water partition coefficient (Wildman–Crippen LogP) is 2.37. The predicted molar refractivity (Wildman–Crippen MR) is 61.8 cm³/mol. The van der Waals surface area contributed by atoms with Crippen LogP contribution in [0.3, 0.4) is 0 Å². The Balaban J connectivity index is 1.85. The van der Waals surface area contributed by atoms with Crippen LogP contribution in [0.2, 0.25) is 0 Å². The van der Waals surface area contributed by atoms with Crippen molar-refractivity contribution in [3.63, 3.8) is 0 Å². The highest BCUT2D eigenvalue weighted by Gasteiger charge is 2.33. The largest absolute Gasteiger partial charge is 0.380 e. The number of ether oxygens (including phenoxy) is 1. The van der Waals surface area contributed by atoms with Gasteiger partial charge in [-0.25, -0.2) is 0 Å². The van der Waals surface area contributed by atoms with Gasteiger partial charge in [0, 0.05) is 18.0 Å². The smallest absolute Gasteiger partial charge is 0.0554 e. The minimum absolute atomic E-state index is 0.350. The van der Waals surface area contributed by atoms with Crippen molar-refractivity contribution in [3.05, 3.63) is 35.9 Å². The topological polar surface area (TPSA) is 21.3 Å². The summed E-state index contributed by atoms with van der Waals surface area (Å²) in [5.74, 6) is 0. The minimum Gasteiger partial charge on any atom is -0.380 e. The Hall–Kier alpha value is -0.860. The van der Waals surface area contributed by atoms with E-state index in [1.807, 2.05) is 0 Å². The van der Waals surface area contributed by atoms with Crippen LogP contribution in [0.4, 0.5) is 0 Å². The molecule has 0 aliphatic carbocycles. The third-order valence-electron chi connectivity index (χ3n) is 3.04. The normalized spacial score (nSPS) is 20.7. The maximum absolute atomic E-state index is 5.24. The maximum atomic E-state index is 5.24. The number of rotatable bonds is 4. The quantitative estimate of drug-likeness (QED) is 0.815. The molecule has 0 radical (unpaired) electrons. The first-order valence-corrected chi connectivity index (χ1v) is 5.56. The molecule has 82 valence electrons. The van der Waals surface area contributed by atoms with Crippen molar-refractivity contribution in [1.29, 1.82) is 0 Å². The molecule has 0 amide bonds. The second kappa shape index (κ2) is 4.33. The first-order valence-electron chi connectivity index (χ1n) is 5.56. The van der Waals surface area contributed by atoms with Crippen LogP contribution in [0.25, 0.3) is 0 Å². The van der Waals surface area contributed by atoms with Crippen LogP contribution < -0.4 is 5.32 Å². The average molecular weight is 205 g/mol. The first-order chi connectivity index (χ1) is 7.20. The zero-order valence-corrected chi connectivity index (χ0v) is 9.49. The molecule has 0 unspecified atom stereocenters. The lowest BCUT2D eigenvalue weighted by Crippen LogP contribution is -2.47. The number of hydrogen-bond donors (Lipinski definition) is 1. The second-order valence-corrected chi connectivity index (χ2v) is 4.82. The van der Waals surface area contributed by atoms with Crippen LogP contribution in [0.15, 0.2) is 30.3 Å². The summed E-state index contributed by atoms with van der Waals surface area (Å²) in [5, 5.41) is 3.56. The lowest BCUT2D eigenvalue weighted by molar-refractivity contribution is -0.0999. The fourth-order valence-corrected chi connectivity index (χ4v) is 1.81. The Bertz CT molecular complexity index is 306. The first kappa shape index (κ1) is 10.7. The Morgan fingerprint density at radius 1 is 1.33 bits per heavy atom. The minimum atomic E-state index is 0.350. The molecule has 1 heterocycles. The van der Waals surface area contributed by atoms with E-state index in [-0.39, 0.29) is 0 Å². The zero-order chi connectivity index (χ0) is 10.7. The van der Waals surface area contributed by atoms with Gasteiger partial charge >= 0.3 is 0 Å². The molecule has 1 aliphatic heterocycles. The van der Waals surface area contributed by atoms with Crippen LogP contribution in [0.1, 0.15) is 25.5 Å². The van der Waals surface area contributed by atoms with Crippen LogP contribution >= 0.6 is 0 Å². The number of hydrogen-bond acceptors (Lipinski definition) is 2. The van der Waals surface area contributed by atoms with Crippen molar-refractivity contribution in [2.45, 2.75) is 19.9 Å². The van der Waals surface area contributed by atoms with Gasteiger partial charge in [0.25, 0.3) is 0 Å². The van der Waals surface area contributed by atoms with E-state index in [0.29, 0.717) is 11.5 Å². The molecule has 1 fully saturated rings. The van der Waals surface area contributed by atoms with E-state index < -0.39 is 0 Å². The van der Waals surface area contributed by atoms with Crippen LogP contribution in [-0.4, -0.2) is 19.8 Å². The van der Waals surface area contributed by atoms with E-state index in [0.717, 1.165) is 19.8 Å². The SMILES string of the molecule is C[C@@H](NCC1(C)COC1)c1ccccc1. The summed E-state index contributed by atoms with van der Waals surface area (Å²) >= 11 is 0. The van der Waals surface area contributed by atoms with Crippen molar-refractivity contribution in [3.8, 4) is 0 Å². The highest BCUT2D eigenvalue weighted by atomic mass is 16.5. The molecule has 2 rings (SSSR count). The molecular weight excluding hydrogens is 186 g/mol. The van der Waals surface area contributed by atoms with Crippen molar-refractivity contribution in [2.24, 2.45) is 5.41 Å². The zero-order valence-electron chi connectivity index (χ0n) is 9.49. The Labute approximate surface area is 91.6 Å². The van der Waals surface area contributed by atoms with E-state index >= 15 is 0 Å². The summed E-state index contributed by atoms with van der Waals surface area (Å²) in [6.07, 6.45) is 0. The van der Waals surface area contributed by atoms with Gasteiger partial charge in [-0.15, -0.1) is 0 Å². The lowest BCUT2D eigenvalue weighted by Gasteiger charge is -2.39. The van der Waals surface area contributed by atoms with Crippen molar-refractivity contribution in [2.75, 3.05) is 19.8 Å². The summed E-state index contributed by atoms with van der Waals surface area (Å²) in [5.41, 5.74) is 1.70. The fourth-order valence-electron chi connectivity index (χ4n) is 1.81. The summed E-state index contributed by atoms with van der Waals surface area (Å²) in [4.78, 5) is 0. The van der Waals surface area contributed by atoms with Gasteiger partial charge in [0.05, 0.1) is 13.2 Å². The van der Waals surface area contributed by atoms with Gasteiger partial charge in [0.2, 0.25) is 0 Å². The molecular formula is C13H19NO. The van der Waals surface area contributed by atoms with Gasteiger partial charge in [0.1, 0.15) is 0 Å². The molecule has 2 heteroatoms. The van der Waals surface area contributed by atoms with Crippen molar-refractivity contribution in [1.82, 2.24) is 5.32 Å². The molecule has 1 N–H and O–H groups in total. The van der Waals surface area contributed by atoms with Gasteiger partial charge < -0.3 is 10.1 Å². The molecule has 0 spiro atoms. The van der Waals surface area contributed by atoms with Gasteiger partial charge in [-0.3, -0.25) is 0 Å². The van der Waals surface area contributed by atoms with Crippen LogP contribution in [0, 0.1) is 5.41 Å². The molecule has 2 nitrogen and oxygen atoms in total. The van der Waals surface area contributed by atoms with Gasteiger partial charge in [-0.05, 0) is 12.5 Å². The number of nitrogens with one attached hydrogen (secondary N) is 1. The van der Waals surface area contributed by atoms with E-state index in [2.05, 4.69) is 49.5 Å². The molecule has 1 saturated heterocycles. The van der Waals surface area contributed by atoms with Crippen LogP contribution in [0.5, 0.6) is 0 Å². The number of benzene rings is 1. The lowest BCUT2D eigenvalue weighted by atomic mass is 9.88. The monoisotopic (exact) mass is 205 g/mol. The highest BCUT2D eigenvalue weighted by molar-refractivity contribution is 5.18. The second-order valence-electron chi connectivity index (χ2n) is 4.82. The molecule has 0 aromatic heterocycles.